The van der Waals surface area contributed by atoms with Gasteiger partial charge < -0.3 is 10.4 Å². The lowest BCUT2D eigenvalue weighted by atomic mass is 9.95. The predicted octanol–water partition coefficient (Wildman–Crippen LogP) is 1.38. The molecule has 4 unspecified atom stereocenters. The molecule has 106 valence electrons. The van der Waals surface area contributed by atoms with Gasteiger partial charge in [0.2, 0.25) is 5.91 Å². The molecule has 0 aliphatic carbocycles. The summed E-state index contributed by atoms with van der Waals surface area (Å²) < 4.78 is 0. The third-order valence-corrected chi connectivity index (χ3v) is 3.93. The lowest BCUT2D eigenvalue weighted by Gasteiger charge is -2.37. The fraction of sp³-hybridized carbons (Fsp3) is 0.929. The van der Waals surface area contributed by atoms with Crippen LogP contribution in [0.3, 0.4) is 0 Å². The average Bonchev–Trinajstić information content (AvgIpc) is 2.32. The molecule has 18 heavy (non-hydrogen) atoms. The van der Waals surface area contributed by atoms with Crippen molar-refractivity contribution < 1.29 is 9.90 Å². The second kappa shape index (κ2) is 7.10. The number of rotatable bonds is 5. The monoisotopic (exact) mass is 256 g/mol. The summed E-state index contributed by atoms with van der Waals surface area (Å²) in [5, 5.41) is 12.8. The van der Waals surface area contributed by atoms with Crippen molar-refractivity contribution in [2.75, 3.05) is 13.1 Å². The normalized spacial score (nSPS) is 28.7. The highest BCUT2D eigenvalue weighted by atomic mass is 16.3. The van der Waals surface area contributed by atoms with Crippen LogP contribution in [0.25, 0.3) is 0 Å². The molecule has 0 bridgehead atoms. The minimum absolute atomic E-state index is 0.0979. The zero-order chi connectivity index (χ0) is 13.7. The van der Waals surface area contributed by atoms with E-state index in [-0.39, 0.29) is 30.0 Å². The Balaban J connectivity index is 2.43. The first kappa shape index (κ1) is 15.4. The number of likely N-dealkylation sites (tertiary alicyclic amines) is 1. The molecule has 0 radical (unpaired) electrons. The molecule has 2 N–H and O–H groups in total. The molecule has 4 atom stereocenters. The number of amides is 1. The number of piperidine rings is 1. The van der Waals surface area contributed by atoms with Gasteiger partial charge in [-0.3, -0.25) is 9.69 Å². The third kappa shape index (κ3) is 4.25. The van der Waals surface area contributed by atoms with Crippen molar-refractivity contribution in [2.45, 2.75) is 65.1 Å². The first-order valence-corrected chi connectivity index (χ1v) is 7.18. The van der Waals surface area contributed by atoms with Crippen LogP contribution in [0.2, 0.25) is 0 Å². The molecule has 1 fully saturated rings. The quantitative estimate of drug-likeness (QED) is 0.781. The summed E-state index contributed by atoms with van der Waals surface area (Å²) in [4.78, 5) is 14.3. The van der Waals surface area contributed by atoms with E-state index in [1.807, 2.05) is 13.8 Å². The smallest absolute Gasteiger partial charge is 0.237 e. The summed E-state index contributed by atoms with van der Waals surface area (Å²) >= 11 is 0. The van der Waals surface area contributed by atoms with Gasteiger partial charge in [0.05, 0.1) is 12.1 Å². The minimum Gasteiger partial charge on any atom is -0.393 e. The Morgan fingerprint density at radius 2 is 2.17 bits per heavy atom. The van der Waals surface area contributed by atoms with Crippen LogP contribution in [0.5, 0.6) is 0 Å². The zero-order valence-electron chi connectivity index (χ0n) is 12.1. The Hall–Kier alpha value is -0.610. The number of hydrogen-bond acceptors (Lipinski definition) is 3. The Morgan fingerprint density at radius 1 is 1.50 bits per heavy atom. The molecule has 0 aromatic carbocycles. The largest absolute Gasteiger partial charge is 0.393 e. The van der Waals surface area contributed by atoms with Gasteiger partial charge in [0, 0.05) is 19.1 Å². The number of aliphatic hydroxyl groups excluding tert-OH is 1. The van der Waals surface area contributed by atoms with Crippen molar-refractivity contribution in [1.29, 1.82) is 0 Å². The van der Waals surface area contributed by atoms with E-state index in [0.717, 1.165) is 32.4 Å². The van der Waals surface area contributed by atoms with Crippen LogP contribution in [0.4, 0.5) is 0 Å². The highest BCUT2D eigenvalue weighted by Crippen LogP contribution is 2.18. The molecule has 0 aromatic rings. The van der Waals surface area contributed by atoms with E-state index in [1.165, 1.54) is 0 Å². The van der Waals surface area contributed by atoms with Crippen LogP contribution in [-0.4, -0.2) is 47.2 Å². The molecule has 1 rings (SSSR count). The van der Waals surface area contributed by atoms with Crippen molar-refractivity contribution in [2.24, 2.45) is 5.92 Å². The van der Waals surface area contributed by atoms with Crippen LogP contribution in [0.1, 0.15) is 47.0 Å². The average molecular weight is 256 g/mol. The van der Waals surface area contributed by atoms with E-state index in [1.54, 1.807) is 0 Å². The van der Waals surface area contributed by atoms with Crippen LogP contribution in [0, 0.1) is 5.92 Å². The lowest BCUT2D eigenvalue weighted by Crippen LogP contribution is -2.52. The van der Waals surface area contributed by atoms with Crippen molar-refractivity contribution in [3.05, 3.63) is 0 Å². The fourth-order valence-electron chi connectivity index (χ4n) is 2.55. The first-order chi connectivity index (χ1) is 8.45. The molecule has 1 aliphatic heterocycles. The molecule has 1 heterocycles. The van der Waals surface area contributed by atoms with Gasteiger partial charge in [-0.2, -0.15) is 0 Å². The van der Waals surface area contributed by atoms with E-state index >= 15 is 0 Å². The standard InChI is InChI=1S/C14H28N2O2/c1-5-6-11(3)15-14(18)12(4)16-8-7-13(17)10(2)9-16/h10-13,17H,5-9H2,1-4H3,(H,15,18). The van der Waals surface area contributed by atoms with E-state index in [4.69, 9.17) is 0 Å². The molecular formula is C14H28N2O2. The lowest BCUT2D eigenvalue weighted by molar-refractivity contribution is -0.128. The number of nitrogens with zero attached hydrogens (tertiary/aromatic N) is 1. The Bertz CT molecular complexity index is 271. The third-order valence-electron chi connectivity index (χ3n) is 3.93. The van der Waals surface area contributed by atoms with Gasteiger partial charge in [-0.15, -0.1) is 0 Å². The molecule has 0 spiro atoms. The zero-order valence-corrected chi connectivity index (χ0v) is 12.1. The van der Waals surface area contributed by atoms with Gasteiger partial charge in [-0.1, -0.05) is 20.3 Å². The maximum absolute atomic E-state index is 12.1. The van der Waals surface area contributed by atoms with Gasteiger partial charge in [0.1, 0.15) is 0 Å². The summed E-state index contributed by atoms with van der Waals surface area (Å²) in [5.74, 6) is 0.363. The molecule has 1 aliphatic rings. The second-order valence-corrected chi connectivity index (χ2v) is 5.70. The minimum atomic E-state index is -0.212. The fourth-order valence-corrected chi connectivity index (χ4v) is 2.55. The summed E-state index contributed by atoms with van der Waals surface area (Å²) in [6, 6.07) is 0.150. The Kier molecular flexibility index (Phi) is 6.09. The van der Waals surface area contributed by atoms with Gasteiger partial charge in [0.15, 0.2) is 0 Å². The second-order valence-electron chi connectivity index (χ2n) is 5.70. The van der Waals surface area contributed by atoms with E-state index < -0.39 is 0 Å². The molecule has 0 aromatic heterocycles. The van der Waals surface area contributed by atoms with Crippen LogP contribution in [0.15, 0.2) is 0 Å². The summed E-state index contributed by atoms with van der Waals surface area (Å²) in [5.41, 5.74) is 0. The van der Waals surface area contributed by atoms with E-state index in [9.17, 15) is 9.90 Å². The van der Waals surface area contributed by atoms with Crippen molar-refractivity contribution in [3.63, 3.8) is 0 Å². The Morgan fingerprint density at radius 3 is 2.72 bits per heavy atom. The summed E-state index contributed by atoms with van der Waals surface area (Å²) in [6.07, 6.45) is 2.66. The number of nitrogens with one attached hydrogen (secondary N) is 1. The van der Waals surface area contributed by atoms with Gasteiger partial charge in [-0.05, 0) is 32.6 Å². The van der Waals surface area contributed by atoms with Gasteiger partial charge in [0.25, 0.3) is 0 Å². The van der Waals surface area contributed by atoms with Gasteiger partial charge in [-0.25, -0.2) is 0 Å². The highest BCUT2D eigenvalue weighted by molar-refractivity contribution is 5.81. The molecule has 1 saturated heterocycles. The maximum atomic E-state index is 12.1. The van der Waals surface area contributed by atoms with Crippen molar-refractivity contribution in [1.82, 2.24) is 10.2 Å². The predicted molar refractivity (Wildman–Crippen MR) is 73.3 cm³/mol. The van der Waals surface area contributed by atoms with Crippen LogP contribution >= 0.6 is 0 Å². The summed E-state index contributed by atoms with van der Waals surface area (Å²) in [7, 11) is 0. The van der Waals surface area contributed by atoms with Gasteiger partial charge >= 0.3 is 0 Å². The molecule has 0 saturated carbocycles. The van der Waals surface area contributed by atoms with Crippen molar-refractivity contribution >= 4 is 5.91 Å². The van der Waals surface area contributed by atoms with E-state index in [2.05, 4.69) is 24.1 Å². The Labute approximate surface area is 111 Å². The van der Waals surface area contributed by atoms with Crippen LogP contribution < -0.4 is 5.32 Å². The number of aliphatic hydroxyl groups is 1. The molecule has 4 heteroatoms. The molecule has 4 nitrogen and oxygen atoms in total. The number of carbonyl (C=O) groups is 1. The molecular weight excluding hydrogens is 228 g/mol. The number of hydrogen-bond donors (Lipinski definition) is 2. The highest BCUT2D eigenvalue weighted by Gasteiger charge is 2.30. The molecule has 1 amide bonds. The topological polar surface area (TPSA) is 52.6 Å². The van der Waals surface area contributed by atoms with Crippen LogP contribution in [-0.2, 0) is 4.79 Å². The first-order valence-electron chi connectivity index (χ1n) is 7.18. The SMILES string of the molecule is CCCC(C)NC(=O)C(C)N1CCC(O)C(C)C1. The number of carbonyl (C=O) groups excluding carboxylic acids is 1. The summed E-state index contributed by atoms with van der Waals surface area (Å²) in [6.45, 7) is 9.79. The maximum Gasteiger partial charge on any atom is 0.237 e. The van der Waals surface area contributed by atoms with Crippen molar-refractivity contribution in [3.8, 4) is 0 Å². The van der Waals surface area contributed by atoms with E-state index in [0.29, 0.717) is 0 Å².